The molecule has 2 N–H and O–H groups in total. The van der Waals surface area contributed by atoms with Gasteiger partial charge >= 0.3 is 0 Å². The highest BCUT2D eigenvalue weighted by atomic mass is 79.9. The van der Waals surface area contributed by atoms with Gasteiger partial charge in [0.15, 0.2) is 6.29 Å². The van der Waals surface area contributed by atoms with Gasteiger partial charge in [-0.05, 0) is 18.2 Å². The Bertz CT molecular complexity index is 659. The number of amides is 1. The van der Waals surface area contributed by atoms with Crippen molar-refractivity contribution in [3.05, 3.63) is 28.2 Å². The summed E-state index contributed by atoms with van der Waals surface area (Å²) >= 11 is 3.25. The second-order valence-corrected chi connectivity index (χ2v) is 7.30. The minimum absolute atomic E-state index is 0.116. The van der Waals surface area contributed by atoms with E-state index in [4.69, 9.17) is 5.14 Å². The SMILES string of the molecule is NS(=O)(=O)CC1CC(=O)N(c2ccc(Br)cc2C=O)C1. The molecule has 0 aliphatic carbocycles. The second-order valence-electron chi connectivity index (χ2n) is 4.73. The number of aldehydes is 1. The van der Waals surface area contributed by atoms with E-state index in [1.807, 2.05) is 0 Å². The summed E-state index contributed by atoms with van der Waals surface area (Å²) in [6, 6.07) is 5.00. The first-order valence-electron chi connectivity index (χ1n) is 5.85. The molecule has 2 rings (SSSR count). The maximum Gasteiger partial charge on any atom is 0.227 e. The molecule has 1 aliphatic rings. The summed E-state index contributed by atoms with van der Waals surface area (Å²) in [5, 5.41) is 5.00. The Balaban J connectivity index is 2.26. The van der Waals surface area contributed by atoms with E-state index >= 15 is 0 Å². The average Bonchev–Trinajstić information content (AvgIpc) is 2.67. The maximum atomic E-state index is 12.0. The zero-order valence-corrected chi connectivity index (χ0v) is 12.9. The largest absolute Gasteiger partial charge is 0.311 e. The van der Waals surface area contributed by atoms with E-state index in [1.54, 1.807) is 18.2 Å². The van der Waals surface area contributed by atoms with Crippen LogP contribution < -0.4 is 10.0 Å². The Kier molecular flexibility index (Phi) is 4.26. The molecule has 1 aromatic rings. The van der Waals surface area contributed by atoms with Crippen LogP contribution in [0.25, 0.3) is 0 Å². The number of hydrogen-bond acceptors (Lipinski definition) is 4. The van der Waals surface area contributed by atoms with Gasteiger partial charge in [0, 0.05) is 28.9 Å². The van der Waals surface area contributed by atoms with Crippen molar-refractivity contribution in [2.45, 2.75) is 6.42 Å². The van der Waals surface area contributed by atoms with E-state index in [-0.39, 0.29) is 30.5 Å². The molecule has 108 valence electrons. The minimum Gasteiger partial charge on any atom is -0.311 e. The van der Waals surface area contributed by atoms with Crippen LogP contribution in [-0.2, 0) is 14.8 Å². The summed E-state index contributed by atoms with van der Waals surface area (Å²) in [6.45, 7) is 0.248. The lowest BCUT2D eigenvalue weighted by atomic mass is 10.1. The summed E-state index contributed by atoms with van der Waals surface area (Å²) in [6.07, 6.45) is 0.783. The van der Waals surface area contributed by atoms with Crippen molar-refractivity contribution in [2.24, 2.45) is 11.1 Å². The van der Waals surface area contributed by atoms with Crippen LogP contribution in [0.2, 0.25) is 0 Å². The van der Waals surface area contributed by atoms with E-state index in [9.17, 15) is 18.0 Å². The molecule has 1 heterocycles. The molecular formula is C12H13BrN2O4S. The van der Waals surface area contributed by atoms with Crippen LogP contribution in [0.4, 0.5) is 5.69 Å². The van der Waals surface area contributed by atoms with Gasteiger partial charge in [0.05, 0.1) is 11.4 Å². The molecule has 1 unspecified atom stereocenters. The number of benzene rings is 1. The fraction of sp³-hybridized carbons (Fsp3) is 0.333. The van der Waals surface area contributed by atoms with Gasteiger partial charge in [-0.3, -0.25) is 9.59 Å². The van der Waals surface area contributed by atoms with Crippen molar-refractivity contribution in [2.75, 3.05) is 17.2 Å². The number of hydrogen-bond donors (Lipinski definition) is 1. The number of nitrogens with two attached hydrogens (primary N) is 1. The zero-order valence-electron chi connectivity index (χ0n) is 10.5. The monoisotopic (exact) mass is 360 g/mol. The molecule has 8 heteroatoms. The fourth-order valence-corrected chi connectivity index (χ4v) is 3.58. The molecule has 1 aromatic carbocycles. The molecule has 0 spiro atoms. The van der Waals surface area contributed by atoms with Crippen molar-refractivity contribution in [1.82, 2.24) is 0 Å². The third kappa shape index (κ3) is 3.44. The molecule has 0 saturated carbocycles. The third-order valence-electron chi connectivity index (χ3n) is 3.08. The third-order valence-corrected chi connectivity index (χ3v) is 4.51. The minimum atomic E-state index is -3.61. The first-order valence-corrected chi connectivity index (χ1v) is 8.36. The van der Waals surface area contributed by atoms with Gasteiger partial charge in [-0.1, -0.05) is 15.9 Å². The van der Waals surface area contributed by atoms with Crippen molar-refractivity contribution >= 4 is 43.8 Å². The molecule has 0 radical (unpaired) electrons. The molecule has 1 fully saturated rings. The Morgan fingerprint density at radius 2 is 2.15 bits per heavy atom. The molecular weight excluding hydrogens is 348 g/mol. The Hall–Kier alpha value is -1.25. The van der Waals surface area contributed by atoms with Gasteiger partial charge < -0.3 is 4.90 Å². The fourth-order valence-electron chi connectivity index (χ4n) is 2.32. The van der Waals surface area contributed by atoms with Crippen molar-refractivity contribution in [3.8, 4) is 0 Å². The summed E-state index contributed by atoms with van der Waals surface area (Å²) in [7, 11) is -3.61. The van der Waals surface area contributed by atoms with Crippen molar-refractivity contribution in [3.63, 3.8) is 0 Å². The summed E-state index contributed by atoms with van der Waals surface area (Å²) in [5.74, 6) is -0.785. The zero-order chi connectivity index (χ0) is 14.9. The van der Waals surface area contributed by atoms with Gasteiger partial charge in [-0.2, -0.15) is 0 Å². The van der Waals surface area contributed by atoms with Crippen LogP contribution >= 0.6 is 15.9 Å². The van der Waals surface area contributed by atoms with E-state index in [2.05, 4.69) is 15.9 Å². The summed E-state index contributed by atoms with van der Waals surface area (Å²) in [4.78, 5) is 24.5. The molecule has 6 nitrogen and oxygen atoms in total. The summed E-state index contributed by atoms with van der Waals surface area (Å²) < 4.78 is 22.9. The highest BCUT2D eigenvalue weighted by Gasteiger charge is 2.33. The predicted octanol–water partition coefficient (Wildman–Crippen LogP) is 0.903. The number of anilines is 1. The van der Waals surface area contributed by atoms with Crippen LogP contribution in [0.15, 0.2) is 22.7 Å². The number of rotatable bonds is 4. The standard InChI is InChI=1S/C12H13BrN2O4S/c13-10-1-2-11(9(4-10)6-16)15-5-8(3-12(15)17)7-20(14,18)19/h1-2,4,6,8H,3,5,7H2,(H2,14,18,19). The molecule has 1 amide bonds. The van der Waals surface area contributed by atoms with Gasteiger partial charge in [0.25, 0.3) is 0 Å². The van der Waals surface area contributed by atoms with E-state index in [0.717, 1.165) is 4.47 Å². The number of carbonyl (C=O) groups excluding carboxylic acids is 2. The highest BCUT2D eigenvalue weighted by Crippen LogP contribution is 2.29. The number of carbonyl (C=O) groups is 2. The molecule has 1 atom stereocenters. The number of sulfonamides is 1. The molecule has 0 bridgehead atoms. The van der Waals surface area contributed by atoms with E-state index in [1.165, 1.54) is 4.90 Å². The van der Waals surface area contributed by atoms with Crippen molar-refractivity contribution in [1.29, 1.82) is 0 Å². The number of nitrogens with zero attached hydrogens (tertiary/aromatic N) is 1. The normalized spacial score (nSPS) is 19.4. The van der Waals surface area contributed by atoms with Gasteiger partial charge in [-0.25, -0.2) is 13.6 Å². The highest BCUT2D eigenvalue weighted by molar-refractivity contribution is 9.10. The number of halogens is 1. The topological polar surface area (TPSA) is 97.5 Å². The summed E-state index contributed by atoms with van der Waals surface area (Å²) in [5.41, 5.74) is 0.870. The Labute approximate surface area is 125 Å². The average molecular weight is 361 g/mol. The van der Waals surface area contributed by atoms with Crippen LogP contribution in [0.1, 0.15) is 16.8 Å². The van der Waals surface area contributed by atoms with Crippen LogP contribution in [0.5, 0.6) is 0 Å². The predicted molar refractivity (Wildman–Crippen MR) is 78.0 cm³/mol. The first-order chi connectivity index (χ1) is 9.30. The van der Waals surface area contributed by atoms with Gasteiger partial charge in [0.2, 0.25) is 15.9 Å². The number of primary sulfonamides is 1. The van der Waals surface area contributed by atoms with Crippen LogP contribution in [-0.4, -0.2) is 32.9 Å². The lowest BCUT2D eigenvalue weighted by Gasteiger charge is -2.18. The Morgan fingerprint density at radius 3 is 2.75 bits per heavy atom. The lowest BCUT2D eigenvalue weighted by Crippen LogP contribution is -2.28. The second kappa shape index (κ2) is 5.63. The lowest BCUT2D eigenvalue weighted by molar-refractivity contribution is -0.117. The van der Waals surface area contributed by atoms with E-state index in [0.29, 0.717) is 17.5 Å². The molecule has 20 heavy (non-hydrogen) atoms. The maximum absolute atomic E-state index is 12.0. The molecule has 1 aliphatic heterocycles. The van der Waals surface area contributed by atoms with Crippen LogP contribution in [0, 0.1) is 5.92 Å². The van der Waals surface area contributed by atoms with E-state index < -0.39 is 10.0 Å². The molecule has 1 saturated heterocycles. The van der Waals surface area contributed by atoms with Crippen LogP contribution in [0.3, 0.4) is 0 Å². The van der Waals surface area contributed by atoms with Gasteiger partial charge in [0.1, 0.15) is 0 Å². The first kappa shape index (κ1) is 15.1. The van der Waals surface area contributed by atoms with Gasteiger partial charge in [-0.15, -0.1) is 0 Å². The smallest absolute Gasteiger partial charge is 0.227 e. The van der Waals surface area contributed by atoms with Crippen molar-refractivity contribution < 1.29 is 18.0 Å². The quantitative estimate of drug-likeness (QED) is 0.806. The Morgan fingerprint density at radius 1 is 1.45 bits per heavy atom. The molecule has 0 aromatic heterocycles.